The molecule has 9 heteroatoms. The van der Waals surface area contributed by atoms with Crippen LogP contribution < -0.4 is 9.47 Å². The predicted molar refractivity (Wildman–Crippen MR) is 104 cm³/mol. The Kier molecular flexibility index (Phi) is 6.41. The summed E-state index contributed by atoms with van der Waals surface area (Å²) in [6.45, 7) is 0.202. The fraction of sp³-hybridized carbons (Fsp3) is 0.350. The van der Waals surface area contributed by atoms with Crippen LogP contribution in [0, 0.1) is 0 Å². The van der Waals surface area contributed by atoms with Gasteiger partial charge in [0.25, 0.3) is 0 Å². The highest BCUT2D eigenvalue weighted by Crippen LogP contribution is 2.27. The van der Waals surface area contributed by atoms with E-state index >= 15 is 0 Å². The van der Waals surface area contributed by atoms with Crippen molar-refractivity contribution in [1.29, 1.82) is 0 Å². The van der Waals surface area contributed by atoms with Crippen molar-refractivity contribution in [2.24, 2.45) is 0 Å². The first-order valence-corrected chi connectivity index (χ1v) is 10.5. The number of benzene rings is 2. The molecule has 0 radical (unpaired) electrons. The predicted octanol–water partition coefficient (Wildman–Crippen LogP) is 1.87. The van der Waals surface area contributed by atoms with Crippen molar-refractivity contribution in [3.63, 3.8) is 0 Å². The number of methoxy groups -OCH3 is 1. The molecule has 0 spiro atoms. The van der Waals surface area contributed by atoms with Crippen LogP contribution in [-0.4, -0.2) is 54.7 Å². The number of aliphatic hydroxyl groups excluding tert-OH is 1. The number of hydrogen-bond donors (Lipinski definition) is 2. The molecule has 8 nitrogen and oxygen atoms in total. The second-order valence-corrected chi connectivity index (χ2v) is 8.61. The number of carboxylic acids is 1. The largest absolute Gasteiger partial charge is 0.496 e. The fourth-order valence-electron chi connectivity index (χ4n) is 3.26. The molecular formula is C20H23NO7S. The molecular weight excluding hydrogens is 398 g/mol. The summed E-state index contributed by atoms with van der Waals surface area (Å²) in [7, 11) is -2.44. The number of nitrogens with zero attached hydrogens (tertiary/aromatic N) is 1. The second-order valence-electron chi connectivity index (χ2n) is 6.72. The molecule has 2 atom stereocenters. The van der Waals surface area contributed by atoms with Crippen LogP contribution in [0.4, 0.5) is 0 Å². The molecule has 3 rings (SSSR count). The minimum Gasteiger partial charge on any atom is -0.496 e. The van der Waals surface area contributed by atoms with Crippen LogP contribution in [0.3, 0.4) is 0 Å². The summed E-state index contributed by atoms with van der Waals surface area (Å²) < 4.78 is 37.7. The van der Waals surface area contributed by atoms with E-state index in [2.05, 4.69) is 0 Å². The van der Waals surface area contributed by atoms with E-state index in [0.29, 0.717) is 11.5 Å². The van der Waals surface area contributed by atoms with Crippen molar-refractivity contribution in [1.82, 2.24) is 4.31 Å². The number of ether oxygens (including phenoxy) is 2. The standard InChI is InChI=1S/C20H23NO7S/c1-27-19-5-3-2-4-14(19)13-28-16-6-8-17(9-7-16)29(25,26)21-11-10-15(22)12-18(21)20(23)24/h2-9,15,18,22H,10-13H2,1H3,(H,23,24). The normalized spacial score (nSPS) is 20.2. The molecule has 2 aromatic carbocycles. The van der Waals surface area contributed by atoms with E-state index in [1.807, 2.05) is 24.3 Å². The number of piperidine rings is 1. The van der Waals surface area contributed by atoms with E-state index in [1.54, 1.807) is 7.11 Å². The van der Waals surface area contributed by atoms with E-state index in [1.165, 1.54) is 24.3 Å². The lowest BCUT2D eigenvalue weighted by Gasteiger charge is -2.34. The first kappa shape index (κ1) is 21.1. The van der Waals surface area contributed by atoms with Crippen molar-refractivity contribution < 1.29 is 32.9 Å². The maximum Gasteiger partial charge on any atom is 0.322 e. The molecule has 1 aliphatic rings. The van der Waals surface area contributed by atoms with Crippen LogP contribution in [0.25, 0.3) is 0 Å². The van der Waals surface area contributed by atoms with Crippen molar-refractivity contribution >= 4 is 16.0 Å². The number of sulfonamides is 1. The van der Waals surface area contributed by atoms with Crippen molar-refractivity contribution in [3.05, 3.63) is 54.1 Å². The molecule has 156 valence electrons. The van der Waals surface area contributed by atoms with Gasteiger partial charge in [-0.2, -0.15) is 4.31 Å². The summed E-state index contributed by atoms with van der Waals surface area (Å²) in [4.78, 5) is 11.4. The van der Waals surface area contributed by atoms with Crippen LogP contribution in [-0.2, 0) is 21.4 Å². The maximum atomic E-state index is 12.9. The SMILES string of the molecule is COc1ccccc1COc1ccc(S(=O)(=O)N2CCC(O)CC2C(=O)O)cc1. The van der Waals surface area contributed by atoms with E-state index in [4.69, 9.17) is 9.47 Å². The van der Waals surface area contributed by atoms with Gasteiger partial charge in [-0.15, -0.1) is 0 Å². The summed E-state index contributed by atoms with van der Waals surface area (Å²) in [6.07, 6.45) is -0.758. The molecule has 0 aromatic heterocycles. The molecule has 1 fully saturated rings. The van der Waals surface area contributed by atoms with Gasteiger partial charge in [-0.25, -0.2) is 8.42 Å². The average molecular weight is 421 g/mol. The third-order valence-electron chi connectivity index (χ3n) is 4.83. The van der Waals surface area contributed by atoms with Gasteiger partial charge < -0.3 is 19.7 Å². The van der Waals surface area contributed by atoms with Crippen LogP contribution in [0.15, 0.2) is 53.4 Å². The Labute approximate surface area is 169 Å². The lowest BCUT2D eigenvalue weighted by atomic mass is 10.0. The molecule has 2 unspecified atom stereocenters. The van der Waals surface area contributed by atoms with Gasteiger partial charge in [0.05, 0.1) is 18.1 Å². The highest BCUT2D eigenvalue weighted by molar-refractivity contribution is 7.89. The summed E-state index contributed by atoms with van der Waals surface area (Å²) in [5.41, 5.74) is 0.850. The first-order valence-electron chi connectivity index (χ1n) is 9.10. The Morgan fingerprint density at radius 2 is 1.86 bits per heavy atom. The van der Waals surface area contributed by atoms with Crippen molar-refractivity contribution in [3.8, 4) is 11.5 Å². The molecule has 2 N–H and O–H groups in total. The van der Waals surface area contributed by atoms with Gasteiger partial charge in [0, 0.05) is 18.5 Å². The lowest BCUT2D eigenvalue weighted by Crippen LogP contribution is -2.51. The van der Waals surface area contributed by atoms with Gasteiger partial charge in [-0.3, -0.25) is 4.79 Å². The van der Waals surface area contributed by atoms with Gasteiger partial charge >= 0.3 is 5.97 Å². The topological polar surface area (TPSA) is 113 Å². The molecule has 1 saturated heterocycles. The van der Waals surface area contributed by atoms with Crippen LogP contribution in [0.1, 0.15) is 18.4 Å². The summed E-state index contributed by atoms with van der Waals surface area (Å²) in [6, 6.07) is 11.9. The minimum absolute atomic E-state index is 0.0234. The molecule has 1 aliphatic heterocycles. The highest BCUT2D eigenvalue weighted by Gasteiger charge is 2.40. The summed E-state index contributed by atoms with van der Waals surface area (Å²) in [5, 5.41) is 19.1. The van der Waals surface area contributed by atoms with Crippen LogP contribution >= 0.6 is 0 Å². The first-order chi connectivity index (χ1) is 13.8. The van der Waals surface area contributed by atoms with Gasteiger partial charge in [0.1, 0.15) is 24.1 Å². The van der Waals surface area contributed by atoms with Gasteiger partial charge in [0.15, 0.2) is 0 Å². The van der Waals surface area contributed by atoms with E-state index < -0.39 is 28.1 Å². The number of carbonyl (C=O) groups is 1. The quantitative estimate of drug-likeness (QED) is 0.702. The monoisotopic (exact) mass is 421 g/mol. The Hall–Kier alpha value is -2.62. The Morgan fingerprint density at radius 3 is 2.52 bits per heavy atom. The van der Waals surface area contributed by atoms with Crippen molar-refractivity contribution in [2.45, 2.75) is 36.5 Å². The molecule has 1 heterocycles. The van der Waals surface area contributed by atoms with Gasteiger partial charge in [0.2, 0.25) is 10.0 Å². The van der Waals surface area contributed by atoms with Gasteiger partial charge in [-0.1, -0.05) is 18.2 Å². The van der Waals surface area contributed by atoms with Gasteiger partial charge in [-0.05, 0) is 36.8 Å². The molecule has 0 aliphatic carbocycles. The summed E-state index contributed by atoms with van der Waals surface area (Å²) in [5.74, 6) is -0.110. The number of carboxylic acid groups (broad SMARTS) is 1. The maximum absolute atomic E-state index is 12.9. The number of rotatable bonds is 7. The molecule has 0 saturated carbocycles. The summed E-state index contributed by atoms with van der Waals surface area (Å²) >= 11 is 0. The van der Waals surface area contributed by atoms with Crippen LogP contribution in [0.2, 0.25) is 0 Å². The Bertz CT molecular complexity index is 959. The highest BCUT2D eigenvalue weighted by atomic mass is 32.2. The number of hydrogen-bond acceptors (Lipinski definition) is 6. The minimum atomic E-state index is -4.01. The third kappa shape index (κ3) is 4.69. The zero-order chi connectivity index (χ0) is 21.0. The van der Waals surface area contributed by atoms with E-state index in [-0.39, 0.29) is 30.9 Å². The lowest BCUT2D eigenvalue weighted by molar-refractivity contribution is -0.143. The molecule has 0 amide bonds. The van der Waals surface area contributed by atoms with Crippen LogP contribution in [0.5, 0.6) is 11.5 Å². The number of aliphatic carboxylic acids is 1. The zero-order valence-electron chi connectivity index (χ0n) is 15.9. The van der Waals surface area contributed by atoms with E-state index in [0.717, 1.165) is 9.87 Å². The fourth-order valence-corrected chi connectivity index (χ4v) is 4.87. The smallest absolute Gasteiger partial charge is 0.322 e. The second kappa shape index (κ2) is 8.81. The van der Waals surface area contributed by atoms with E-state index in [9.17, 15) is 23.4 Å². The number of aliphatic hydroxyl groups is 1. The molecule has 29 heavy (non-hydrogen) atoms. The Balaban J connectivity index is 1.74. The average Bonchev–Trinajstić information content (AvgIpc) is 2.72. The molecule has 0 bridgehead atoms. The van der Waals surface area contributed by atoms with Crippen molar-refractivity contribution in [2.75, 3.05) is 13.7 Å². The third-order valence-corrected chi connectivity index (χ3v) is 6.75. The Morgan fingerprint density at radius 1 is 1.17 bits per heavy atom. The number of para-hydroxylation sites is 1. The molecule has 2 aromatic rings. The zero-order valence-corrected chi connectivity index (χ0v) is 16.7.